The minimum Gasteiger partial charge on any atom is -0.237 e. The first-order chi connectivity index (χ1) is 6.29. The van der Waals surface area contributed by atoms with Crippen LogP contribution in [0.3, 0.4) is 0 Å². The van der Waals surface area contributed by atoms with Gasteiger partial charge in [0, 0.05) is 13.1 Å². The minimum atomic E-state index is -0.988. The lowest BCUT2D eigenvalue weighted by atomic mass is 10.4. The van der Waals surface area contributed by atoms with Crippen molar-refractivity contribution in [1.29, 1.82) is 0 Å². The monoisotopic (exact) mass is 197 g/mol. The molecule has 0 radical (unpaired) electrons. The van der Waals surface area contributed by atoms with E-state index in [1.807, 2.05) is 48.5 Å². The molecule has 0 aliphatic heterocycles. The Morgan fingerprint density at radius 1 is 1.15 bits per heavy atom. The number of nitrogens with zero attached hydrogens (tertiary/aromatic N) is 1. The molecule has 72 valence electrons. The summed E-state index contributed by atoms with van der Waals surface area (Å²) < 4.78 is 13.8. The Bertz CT molecular complexity index is 270. The Kier molecular flexibility index (Phi) is 4.12. The summed E-state index contributed by atoms with van der Waals surface area (Å²) >= 11 is 0. The number of benzene rings is 1. The molecule has 1 aromatic rings. The Labute approximate surface area is 82.2 Å². The van der Waals surface area contributed by atoms with Crippen molar-refractivity contribution in [2.24, 2.45) is 0 Å². The maximum atomic E-state index is 11.8. The lowest BCUT2D eigenvalue weighted by Gasteiger charge is -2.16. The molecule has 0 saturated carbocycles. The highest BCUT2D eigenvalue weighted by Gasteiger charge is 2.09. The zero-order valence-corrected chi connectivity index (χ0v) is 8.88. The van der Waals surface area contributed by atoms with Gasteiger partial charge < -0.3 is 0 Å². The molecule has 1 aromatic carbocycles. The molecule has 0 fully saturated rings. The normalized spacial score (nSPS) is 13.2. The predicted molar refractivity (Wildman–Crippen MR) is 55.8 cm³/mol. The molecule has 0 N–H and O–H groups in total. The van der Waals surface area contributed by atoms with Crippen molar-refractivity contribution in [1.82, 2.24) is 4.31 Å². The maximum Gasteiger partial charge on any atom is 0.127 e. The van der Waals surface area contributed by atoms with Gasteiger partial charge in [0.25, 0.3) is 0 Å². The highest BCUT2D eigenvalue weighted by atomic mass is 32.2. The first kappa shape index (κ1) is 10.4. The smallest absolute Gasteiger partial charge is 0.127 e. The summed E-state index contributed by atoms with van der Waals surface area (Å²) in [5.74, 6) is 0. The first-order valence-corrected chi connectivity index (χ1v) is 5.62. The third kappa shape index (κ3) is 2.64. The number of rotatable bonds is 4. The van der Waals surface area contributed by atoms with Crippen molar-refractivity contribution >= 4 is 11.0 Å². The summed E-state index contributed by atoms with van der Waals surface area (Å²) in [5.41, 5.74) is 0. The van der Waals surface area contributed by atoms with Crippen LogP contribution in [0.15, 0.2) is 35.2 Å². The van der Waals surface area contributed by atoms with Crippen LogP contribution in [0.1, 0.15) is 13.8 Å². The van der Waals surface area contributed by atoms with Crippen LogP contribution < -0.4 is 0 Å². The van der Waals surface area contributed by atoms with Crippen LogP contribution in [-0.4, -0.2) is 21.6 Å². The molecule has 13 heavy (non-hydrogen) atoms. The van der Waals surface area contributed by atoms with Gasteiger partial charge in [-0.05, 0) is 12.1 Å². The van der Waals surface area contributed by atoms with E-state index in [-0.39, 0.29) is 0 Å². The van der Waals surface area contributed by atoms with E-state index < -0.39 is 11.0 Å². The molecule has 0 aliphatic rings. The zero-order valence-electron chi connectivity index (χ0n) is 8.06. The van der Waals surface area contributed by atoms with Crippen LogP contribution >= 0.6 is 0 Å². The van der Waals surface area contributed by atoms with Crippen molar-refractivity contribution < 1.29 is 4.21 Å². The quantitative estimate of drug-likeness (QED) is 0.723. The Morgan fingerprint density at radius 2 is 1.69 bits per heavy atom. The maximum absolute atomic E-state index is 11.8. The molecule has 1 unspecified atom stereocenters. The third-order valence-electron chi connectivity index (χ3n) is 1.88. The van der Waals surface area contributed by atoms with Crippen LogP contribution in [0.5, 0.6) is 0 Å². The topological polar surface area (TPSA) is 20.3 Å². The van der Waals surface area contributed by atoms with Gasteiger partial charge in [0.2, 0.25) is 0 Å². The van der Waals surface area contributed by atoms with Gasteiger partial charge in [0.15, 0.2) is 0 Å². The molecule has 1 rings (SSSR count). The van der Waals surface area contributed by atoms with E-state index in [2.05, 4.69) is 0 Å². The predicted octanol–water partition coefficient (Wildman–Crippen LogP) is 2.05. The summed E-state index contributed by atoms with van der Waals surface area (Å²) in [6.07, 6.45) is 0. The van der Waals surface area contributed by atoms with Crippen LogP contribution in [-0.2, 0) is 11.0 Å². The Balaban J connectivity index is 2.78. The second-order valence-corrected chi connectivity index (χ2v) is 4.16. The van der Waals surface area contributed by atoms with E-state index in [1.165, 1.54) is 0 Å². The average molecular weight is 197 g/mol. The van der Waals surface area contributed by atoms with E-state index in [0.717, 1.165) is 18.0 Å². The van der Waals surface area contributed by atoms with Gasteiger partial charge in [-0.15, -0.1) is 0 Å². The van der Waals surface area contributed by atoms with E-state index in [1.54, 1.807) is 0 Å². The Morgan fingerprint density at radius 3 is 2.15 bits per heavy atom. The molecule has 3 heteroatoms. The van der Waals surface area contributed by atoms with Crippen molar-refractivity contribution in [2.45, 2.75) is 18.7 Å². The lowest BCUT2D eigenvalue weighted by Crippen LogP contribution is -2.25. The molecule has 2 nitrogen and oxygen atoms in total. The second-order valence-electron chi connectivity index (χ2n) is 2.68. The standard InChI is InChI=1S/C10H15NOS/c1-3-11(4-2)13(12)10-8-6-5-7-9-10/h5-9H,3-4H2,1-2H3. The lowest BCUT2D eigenvalue weighted by molar-refractivity contribution is 0.489. The summed E-state index contributed by atoms with van der Waals surface area (Å²) in [4.78, 5) is 0.881. The molecule has 0 amide bonds. The number of hydrogen-bond donors (Lipinski definition) is 0. The summed E-state index contributed by atoms with van der Waals surface area (Å²) in [6.45, 7) is 5.67. The van der Waals surface area contributed by atoms with Crippen LogP contribution in [0.25, 0.3) is 0 Å². The van der Waals surface area contributed by atoms with Gasteiger partial charge in [-0.2, -0.15) is 0 Å². The van der Waals surface area contributed by atoms with Gasteiger partial charge in [0.05, 0.1) is 4.90 Å². The Hall–Kier alpha value is -0.670. The zero-order chi connectivity index (χ0) is 9.68. The third-order valence-corrected chi connectivity index (χ3v) is 3.55. The van der Waals surface area contributed by atoms with E-state index in [9.17, 15) is 4.21 Å². The van der Waals surface area contributed by atoms with Crippen molar-refractivity contribution in [3.8, 4) is 0 Å². The highest BCUT2D eigenvalue weighted by molar-refractivity contribution is 7.82. The SMILES string of the molecule is CCN(CC)S(=O)c1ccccc1. The summed E-state index contributed by atoms with van der Waals surface area (Å²) in [7, 11) is -0.988. The van der Waals surface area contributed by atoms with E-state index in [4.69, 9.17) is 0 Å². The fourth-order valence-electron chi connectivity index (χ4n) is 1.14. The largest absolute Gasteiger partial charge is 0.237 e. The molecule has 0 saturated heterocycles. The number of hydrogen-bond acceptors (Lipinski definition) is 1. The van der Waals surface area contributed by atoms with Gasteiger partial charge in [-0.3, -0.25) is 0 Å². The van der Waals surface area contributed by atoms with Gasteiger partial charge in [-0.25, -0.2) is 8.51 Å². The molecule has 1 atom stereocenters. The first-order valence-electron chi connectivity index (χ1n) is 4.51. The van der Waals surface area contributed by atoms with Gasteiger partial charge in [0.1, 0.15) is 11.0 Å². The fraction of sp³-hybridized carbons (Fsp3) is 0.400. The van der Waals surface area contributed by atoms with Gasteiger partial charge in [-0.1, -0.05) is 32.0 Å². The van der Waals surface area contributed by atoms with E-state index in [0.29, 0.717) is 0 Å². The molecular formula is C10H15NOS. The average Bonchev–Trinajstić information content (AvgIpc) is 2.21. The molecule has 0 heterocycles. The molecule has 0 spiro atoms. The highest BCUT2D eigenvalue weighted by Crippen LogP contribution is 2.09. The van der Waals surface area contributed by atoms with Gasteiger partial charge >= 0.3 is 0 Å². The molecule has 0 aliphatic carbocycles. The second kappa shape index (κ2) is 5.14. The van der Waals surface area contributed by atoms with Crippen LogP contribution in [0.2, 0.25) is 0 Å². The molecule has 0 bridgehead atoms. The summed E-state index contributed by atoms with van der Waals surface area (Å²) in [5, 5.41) is 0. The van der Waals surface area contributed by atoms with Crippen molar-refractivity contribution in [3.05, 3.63) is 30.3 Å². The fourth-order valence-corrected chi connectivity index (χ4v) is 2.30. The van der Waals surface area contributed by atoms with Crippen LogP contribution in [0, 0.1) is 0 Å². The van der Waals surface area contributed by atoms with E-state index >= 15 is 0 Å². The van der Waals surface area contributed by atoms with Crippen molar-refractivity contribution in [3.63, 3.8) is 0 Å². The minimum absolute atomic E-state index is 0.817. The molecular weight excluding hydrogens is 182 g/mol. The summed E-state index contributed by atoms with van der Waals surface area (Å²) in [6, 6.07) is 9.55. The van der Waals surface area contributed by atoms with Crippen molar-refractivity contribution in [2.75, 3.05) is 13.1 Å². The molecule has 0 aromatic heterocycles. The van der Waals surface area contributed by atoms with Crippen LogP contribution in [0.4, 0.5) is 0 Å².